The Morgan fingerprint density at radius 3 is 2.86 bits per heavy atom. The molecule has 1 aromatic heterocycles. The summed E-state index contributed by atoms with van der Waals surface area (Å²) in [6.07, 6.45) is 5.53. The first kappa shape index (κ1) is 9.77. The number of anilines is 1. The van der Waals surface area contributed by atoms with Gasteiger partial charge in [0.25, 0.3) is 0 Å². The fraction of sp³-hybridized carbons (Fsp3) is 0.500. The topological polar surface area (TPSA) is 48.1 Å². The van der Waals surface area contributed by atoms with Gasteiger partial charge in [0.05, 0.1) is 16.4 Å². The van der Waals surface area contributed by atoms with Crippen molar-refractivity contribution in [1.29, 1.82) is 0 Å². The summed E-state index contributed by atoms with van der Waals surface area (Å²) in [4.78, 5) is 4.17. The Morgan fingerprint density at radius 1 is 1.57 bits per heavy atom. The molecule has 0 spiro atoms. The molecule has 1 aliphatic rings. The molecule has 0 saturated heterocycles. The van der Waals surface area contributed by atoms with Crippen LogP contribution in [0.1, 0.15) is 24.8 Å². The molecular weight excluding hydrogens is 244 g/mol. The van der Waals surface area contributed by atoms with E-state index in [-0.39, 0.29) is 0 Å². The second-order valence-corrected chi connectivity index (χ2v) is 4.42. The van der Waals surface area contributed by atoms with Gasteiger partial charge < -0.3 is 10.5 Å². The Bertz CT molecular complexity index is 350. The van der Waals surface area contributed by atoms with Gasteiger partial charge in [-0.1, -0.05) is 0 Å². The smallest absolute Gasteiger partial charge is 0.228 e. The quantitative estimate of drug-likeness (QED) is 0.886. The highest BCUT2D eigenvalue weighted by atomic mass is 79.9. The van der Waals surface area contributed by atoms with Gasteiger partial charge in [0.1, 0.15) is 6.10 Å². The van der Waals surface area contributed by atoms with Gasteiger partial charge in [0, 0.05) is 0 Å². The molecule has 0 bridgehead atoms. The number of nitrogens with zero attached hydrogens (tertiary/aromatic N) is 1. The number of hydrogen-bond donors (Lipinski definition) is 1. The van der Waals surface area contributed by atoms with Gasteiger partial charge >= 0.3 is 0 Å². The first-order chi connectivity index (χ1) is 6.68. The van der Waals surface area contributed by atoms with E-state index in [1.54, 1.807) is 6.20 Å². The number of ether oxygens (including phenoxy) is 1. The van der Waals surface area contributed by atoms with Crippen LogP contribution in [0.2, 0.25) is 0 Å². The maximum absolute atomic E-state index is 5.72. The first-order valence-electron chi connectivity index (χ1n) is 4.75. The van der Waals surface area contributed by atoms with E-state index < -0.39 is 0 Å². The zero-order valence-electron chi connectivity index (χ0n) is 8.09. The van der Waals surface area contributed by atoms with Crippen LogP contribution in [0.25, 0.3) is 0 Å². The number of nitrogens with two attached hydrogens (primary N) is 1. The van der Waals surface area contributed by atoms with Crippen LogP contribution in [-0.2, 0) is 0 Å². The maximum Gasteiger partial charge on any atom is 0.228 e. The second-order valence-electron chi connectivity index (χ2n) is 3.63. The lowest BCUT2D eigenvalue weighted by molar-refractivity contribution is 0.113. The van der Waals surface area contributed by atoms with E-state index in [0.29, 0.717) is 17.7 Å². The van der Waals surface area contributed by atoms with Crippen molar-refractivity contribution in [3.63, 3.8) is 0 Å². The molecule has 0 atom stereocenters. The molecule has 1 saturated carbocycles. The maximum atomic E-state index is 5.72. The normalized spacial score (nSPS) is 16.4. The minimum atomic E-state index is 0.349. The lowest BCUT2D eigenvalue weighted by Gasteiger charge is -2.26. The fourth-order valence-electron chi connectivity index (χ4n) is 1.30. The molecule has 76 valence electrons. The molecular formula is C10H13BrN2O. The van der Waals surface area contributed by atoms with Gasteiger partial charge in [-0.05, 0) is 47.7 Å². The molecule has 3 nitrogen and oxygen atoms in total. The number of hydrogen-bond acceptors (Lipinski definition) is 3. The van der Waals surface area contributed by atoms with Crippen LogP contribution < -0.4 is 10.5 Å². The Hall–Kier alpha value is -0.770. The Balaban J connectivity index is 2.20. The van der Waals surface area contributed by atoms with E-state index in [0.717, 1.165) is 22.9 Å². The SMILES string of the molecule is Cc1c(N)cnc(OC2CCC2)c1Br. The van der Waals surface area contributed by atoms with Crippen molar-refractivity contribution in [2.45, 2.75) is 32.3 Å². The largest absolute Gasteiger partial charge is 0.474 e. The number of rotatable bonds is 2. The summed E-state index contributed by atoms with van der Waals surface area (Å²) in [5.74, 6) is 0.668. The average Bonchev–Trinajstić information content (AvgIpc) is 2.10. The molecule has 1 aromatic rings. The minimum Gasteiger partial charge on any atom is -0.474 e. The van der Waals surface area contributed by atoms with Crippen molar-refractivity contribution in [3.8, 4) is 5.88 Å². The zero-order valence-corrected chi connectivity index (χ0v) is 9.67. The van der Waals surface area contributed by atoms with Gasteiger partial charge in [-0.2, -0.15) is 0 Å². The van der Waals surface area contributed by atoms with Crippen molar-refractivity contribution >= 4 is 21.6 Å². The third-order valence-electron chi connectivity index (χ3n) is 2.60. The molecule has 1 aliphatic carbocycles. The van der Waals surface area contributed by atoms with Crippen molar-refractivity contribution in [1.82, 2.24) is 4.98 Å². The zero-order chi connectivity index (χ0) is 10.1. The monoisotopic (exact) mass is 256 g/mol. The van der Waals surface area contributed by atoms with Gasteiger partial charge in [-0.3, -0.25) is 0 Å². The third-order valence-corrected chi connectivity index (χ3v) is 3.54. The second kappa shape index (κ2) is 3.77. The molecule has 2 rings (SSSR count). The summed E-state index contributed by atoms with van der Waals surface area (Å²) in [6, 6.07) is 0. The van der Waals surface area contributed by atoms with Crippen molar-refractivity contribution in [2.75, 3.05) is 5.73 Å². The highest BCUT2D eigenvalue weighted by molar-refractivity contribution is 9.10. The summed E-state index contributed by atoms with van der Waals surface area (Å²) < 4.78 is 6.58. The molecule has 14 heavy (non-hydrogen) atoms. The minimum absolute atomic E-state index is 0.349. The van der Waals surface area contributed by atoms with E-state index >= 15 is 0 Å². The number of nitrogen functional groups attached to an aromatic ring is 1. The highest BCUT2D eigenvalue weighted by Crippen LogP contribution is 2.32. The van der Waals surface area contributed by atoms with Crippen LogP contribution in [0.4, 0.5) is 5.69 Å². The van der Waals surface area contributed by atoms with Crippen LogP contribution in [0.3, 0.4) is 0 Å². The van der Waals surface area contributed by atoms with Crippen molar-refractivity contribution < 1.29 is 4.74 Å². The number of aromatic nitrogens is 1. The van der Waals surface area contributed by atoms with Crippen LogP contribution in [-0.4, -0.2) is 11.1 Å². The number of pyridine rings is 1. The van der Waals surface area contributed by atoms with Crippen LogP contribution in [0.5, 0.6) is 5.88 Å². The average molecular weight is 257 g/mol. The van der Waals surface area contributed by atoms with Crippen LogP contribution in [0, 0.1) is 6.92 Å². The standard InChI is InChI=1S/C10H13BrN2O/c1-6-8(12)5-13-10(9(6)11)14-7-3-2-4-7/h5,7H,2-4,12H2,1H3. The summed E-state index contributed by atoms with van der Waals surface area (Å²) >= 11 is 3.45. The molecule has 0 aromatic carbocycles. The van der Waals surface area contributed by atoms with E-state index in [1.165, 1.54) is 6.42 Å². The van der Waals surface area contributed by atoms with Crippen LogP contribution >= 0.6 is 15.9 Å². The predicted octanol–water partition coefficient (Wildman–Crippen LogP) is 2.67. The molecule has 1 heterocycles. The molecule has 0 unspecified atom stereocenters. The Labute approximate surface area is 91.8 Å². The molecule has 2 N–H and O–H groups in total. The Kier molecular flexibility index (Phi) is 2.63. The number of halogens is 1. The Morgan fingerprint density at radius 2 is 2.29 bits per heavy atom. The summed E-state index contributed by atoms with van der Waals surface area (Å²) in [6.45, 7) is 1.95. The van der Waals surface area contributed by atoms with Gasteiger partial charge in [-0.15, -0.1) is 0 Å². The molecule has 1 fully saturated rings. The van der Waals surface area contributed by atoms with Gasteiger partial charge in [0.2, 0.25) is 5.88 Å². The van der Waals surface area contributed by atoms with E-state index in [4.69, 9.17) is 10.5 Å². The van der Waals surface area contributed by atoms with Crippen molar-refractivity contribution in [2.24, 2.45) is 0 Å². The van der Waals surface area contributed by atoms with E-state index in [2.05, 4.69) is 20.9 Å². The fourth-order valence-corrected chi connectivity index (χ4v) is 1.72. The first-order valence-corrected chi connectivity index (χ1v) is 5.55. The van der Waals surface area contributed by atoms with Crippen LogP contribution in [0.15, 0.2) is 10.7 Å². The van der Waals surface area contributed by atoms with Crippen molar-refractivity contribution in [3.05, 3.63) is 16.2 Å². The highest BCUT2D eigenvalue weighted by Gasteiger charge is 2.21. The predicted molar refractivity (Wildman–Crippen MR) is 59.4 cm³/mol. The van der Waals surface area contributed by atoms with Gasteiger partial charge in [0.15, 0.2) is 0 Å². The van der Waals surface area contributed by atoms with Gasteiger partial charge in [-0.25, -0.2) is 4.98 Å². The summed E-state index contributed by atoms with van der Waals surface area (Å²) in [7, 11) is 0. The molecule has 0 amide bonds. The van der Waals surface area contributed by atoms with E-state index in [9.17, 15) is 0 Å². The lowest BCUT2D eigenvalue weighted by atomic mass is 9.96. The summed E-state index contributed by atoms with van der Waals surface area (Å²) in [5, 5.41) is 0. The lowest BCUT2D eigenvalue weighted by Crippen LogP contribution is -2.25. The summed E-state index contributed by atoms with van der Waals surface area (Å²) in [5.41, 5.74) is 7.41. The van der Waals surface area contributed by atoms with E-state index in [1.807, 2.05) is 6.92 Å². The third kappa shape index (κ3) is 1.71. The molecule has 0 radical (unpaired) electrons. The molecule has 4 heteroatoms. The molecule has 0 aliphatic heterocycles.